The Morgan fingerprint density at radius 1 is 1.53 bits per heavy atom. The molecule has 0 bridgehead atoms. The van der Waals surface area contributed by atoms with E-state index in [0.717, 1.165) is 19.7 Å². The molecule has 3 nitrogen and oxygen atoms in total. The van der Waals surface area contributed by atoms with E-state index in [1.54, 1.807) is 7.11 Å². The van der Waals surface area contributed by atoms with Crippen LogP contribution in [-0.4, -0.2) is 39.5 Å². The first-order valence-corrected chi connectivity index (χ1v) is 5.22. The summed E-state index contributed by atoms with van der Waals surface area (Å²) in [6.07, 6.45) is 0.188. The molecule has 1 radical (unpaired) electrons. The fraction of sp³-hybridized carbons (Fsp3) is 0.500. The maximum atomic E-state index is 5.60. The summed E-state index contributed by atoms with van der Waals surface area (Å²) in [5.74, 6) is 0. The molecule has 0 aliphatic carbocycles. The van der Waals surface area contributed by atoms with Crippen molar-refractivity contribution in [3.05, 3.63) is 30.3 Å². The van der Waals surface area contributed by atoms with Gasteiger partial charge in [0.1, 0.15) is 0 Å². The van der Waals surface area contributed by atoms with Crippen LogP contribution in [0, 0.1) is 6.07 Å². The topological polar surface area (TPSA) is 21.7 Å². The van der Waals surface area contributed by atoms with Gasteiger partial charge in [-0.3, -0.25) is 0 Å². The van der Waals surface area contributed by atoms with Gasteiger partial charge in [-0.15, -0.1) is 0 Å². The number of ether oxygens (including phenoxy) is 2. The number of methoxy groups -OCH3 is 1. The average Bonchev–Trinajstić information content (AvgIpc) is 2.31. The molecule has 1 atom stereocenters. The van der Waals surface area contributed by atoms with Crippen LogP contribution in [0.15, 0.2) is 24.3 Å². The van der Waals surface area contributed by atoms with Crippen LogP contribution in [0.25, 0.3) is 0 Å². The van der Waals surface area contributed by atoms with Gasteiger partial charge in [0.15, 0.2) is 0 Å². The molecule has 1 heterocycles. The zero-order chi connectivity index (χ0) is 10.5. The van der Waals surface area contributed by atoms with Crippen LogP contribution < -0.4 is 4.90 Å². The van der Waals surface area contributed by atoms with Gasteiger partial charge >= 0.3 is 0 Å². The Morgan fingerprint density at radius 2 is 2.33 bits per heavy atom. The van der Waals surface area contributed by atoms with Crippen LogP contribution in [0.3, 0.4) is 0 Å². The minimum Gasteiger partial charge on any atom is -0.382 e. The summed E-state index contributed by atoms with van der Waals surface area (Å²) in [5, 5.41) is 0. The van der Waals surface area contributed by atoms with Gasteiger partial charge in [0, 0.05) is 25.9 Å². The second kappa shape index (κ2) is 5.14. The molecule has 81 valence electrons. The van der Waals surface area contributed by atoms with Crippen LogP contribution in [-0.2, 0) is 9.47 Å². The van der Waals surface area contributed by atoms with Crippen molar-refractivity contribution in [2.75, 3.05) is 38.3 Å². The van der Waals surface area contributed by atoms with Gasteiger partial charge in [-0.05, 0) is 18.2 Å². The van der Waals surface area contributed by atoms with Crippen LogP contribution in [0.1, 0.15) is 0 Å². The lowest BCUT2D eigenvalue weighted by Gasteiger charge is -2.34. The van der Waals surface area contributed by atoms with E-state index in [0.29, 0.717) is 6.61 Å². The highest BCUT2D eigenvalue weighted by molar-refractivity contribution is 5.46. The standard InChI is InChI=1S/C12H16NO2/c1-14-10-12-9-13(7-8-15-12)11-5-3-2-4-6-11/h3-6,12H,7-10H2,1H3. The molecule has 1 saturated heterocycles. The molecule has 0 N–H and O–H groups in total. The first kappa shape index (κ1) is 10.5. The fourth-order valence-electron chi connectivity index (χ4n) is 1.83. The third kappa shape index (κ3) is 2.70. The Bertz CT molecular complexity index is 287. The Morgan fingerprint density at radius 3 is 3.07 bits per heavy atom. The molecule has 1 unspecified atom stereocenters. The maximum Gasteiger partial charge on any atom is 0.0983 e. The van der Waals surface area contributed by atoms with Crippen molar-refractivity contribution >= 4 is 5.69 Å². The molecule has 1 aromatic rings. The van der Waals surface area contributed by atoms with E-state index in [1.807, 2.05) is 12.1 Å². The van der Waals surface area contributed by atoms with Crippen molar-refractivity contribution in [2.24, 2.45) is 0 Å². The SMILES string of the molecule is COCC1CN(c2cc[c]cc2)CCO1. The minimum absolute atomic E-state index is 0.188. The summed E-state index contributed by atoms with van der Waals surface area (Å²) < 4.78 is 10.7. The highest BCUT2D eigenvalue weighted by Gasteiger charge is 2.20. The molecular formula is C12H16NO2. The van der Waals surface area contributed by atoms with E-state index in [9.17, 15) is 0 Å². The summed E-state index contributed by atoms with van der Waals surface area (Å²) in [5.41, 5.74) is 1.23. The van der Waals surface area contributed by atoms with E-state index >= 15 is 0 Å². The molecular weight excluding hydrogens is 190 g/mol. The summed E-state index contributed by atoms with van der Waals surface area (Å²) in [6, 6.07) is 11.1. The first-order chi connectivity index (χ1) is 7.40. The van der Waals surface area contributed by atoms with Gasteiger partial charge in [-0.1, -0.05) is 12.1 Å². The molecule has 1 aliphatic rings. The molecule has 1 fully saturated rings. The molecule has 2 rings (SSSR count). The van der Waals surface area contributed by atoms with Gasteiger partial charge < -0.3 is 14.4 Å². The van der Waals surface area contributed by atoms with Crippen molar-refractivity contribution in [3.8, 4) is 0 Å². The zero-order valence-electron chi connectivity index (χ0n) is 8.98. The Balaban J connectivity index is 1.98. The second-order valence-electron chi connectivity index (χ2n) is 3.65. The number of morpholine rings is 1. The summed E-state index contributed by atoms with van der Waals surface area (Å²) in [4.78, 5) is 2.32. The van der Waals surface area contributed by atoms with Crippen LogP contribution in [0.2, 0.25) is 0 Å². The first-order valence-electron chi connectivity index (χ1n) is 5.22. The van der Waals surface area contributed by atoms with Crippen LogP contribution in [0.5, 0.6) is 0 Å². The normalized spacial score (nSPS) is 21.7. The monoisotopic (exact) mass is 206 g/mol. The van der Waals surface area contributed by atoms with Crippen LogP contribution >= 0.6 is 0 Å². The smallest absolute Gasteiger partial charge is 0.0983 e. The fourth-order valence-corrected chi connectivity index (χ4v) is 1.83. The van der Waals surface area contributed by atoms with Crippen molar-refractivity contribution < 1.29 is 9.47 Å². The van der Waals surface area contributed by atoms with E-state index in [-0.39, 0.29) is 6.10 Å². The summed E-state index contributed by atoms with van der Waals surface area (Å²) in [6.45, 7) is 3.28. The second-order valence-corrected chi connectivity index (χ2v) is 3.65. The van der Waals surface area contributed by atoms with Crippen molar-refractivity contribution in [3.63, 3.8) is 0 Å². The van der Waals surface area contributed by atoms with Crippen molar-refractivity contribution in [2.45, 2.75) is 6.10 Å². The van der Waals surface area contributed by atoms with E-state index in [4.69, 9.17) is 9.47 Å². The molecule has 15 heavy (non-hydrogen) atoms. The third-order valence-electron chi connectivity index (χ3n) is 2.56. The number of nitrogens with zero attached hydrogens (tertiary/aromatic N) is 1. The molecule has 1 aromatic carbocycles. The molecule has 0 amide bonds. The van der Waals surface area contributed by atoms with Crippen molar-refractivity contribution in [1.29, 1.82) is 0 Å². The predicted molar refractivity (Wildman–Crippen MR) is 59.1 cm³/mol. The van der Waals surface area contributed by atoms with Gasteiger partial charge in [0.25, 0.3) is 0 Å². The number of hydrogen-bond acceptors (Lipinski definition) is 3. The number of hydrogen-bond donors (Lipinski definition) is 0. The van der Waals surface area contributed by atoms with Gasteiger partial charge in [-0.25, -0.2) is 0 Å². The third-order valence-corrected chi connectivity index (χ3v) is 2.56. The number of benzene rings is 1. The lowest BCUT2D eigenvalue weighted by molar-refractivity contribution is -0.0100. The maximum absolute atomic E-state index is 5.60. The molecule has 0 aromatic heterocycles. The van der Waals surface area contributed by atoms with Crippen molar-refractivity contribution in [1.82, 2.24) is 0 Å². The predicted octanol–water partition coefficient (Wildman–Crippen LogP) is 1.34. The van der Waals surface area contributed by atoms with E-state index < -0.39 is 0 Å². The number of anilines is 1. The van der Waals surface area contributed by atoms with Gasteiger partial charge in [0.2, 0.25) is 0 Å². The van der Waals surface area contributed by atoms with Gasteiger partial charge in [-0.2, -0.15) is 0 Å². The highest BCUT2D eigenvalue weighted by Crippen LogP contribution is 2.16. The molecule has 0 saturated carbocycles. The average molecular weight is 206 g/mol. The lowest BCUT2D eigenvalue weighted by atomic mass is 10.2. The highest BCUT2D eigenvalue weighted by atomic mass is 16.5. The Labute approximate surface area is 90.6 Å². The summed E-state index contributed by atoms with van der Waals surface area (Å²) >= 11 is 0. The largest absolute Gasteiger partial charge is 0.382 e. The van der Waals surface area contributed by atoms with Gasteiger partial charge in [0.05, 0.1) is 19.3 Å². The summed E-state index contributed by atoms with van der Waals surface area (Å²) in [7, 11) is 1.71. The molecule has 3 heteroatoms. The van der Waals surface area contributed by atoms with E-state index in [2.05, 4.69) is 23.1 Å². The lowest BCUT2D eigenvalue weighted by Crippen LogP contribution is -2.44. The van der Waals surface area contributed by atoms with E-state index in [1.165, 1.54) is 5.69 Å². The Kier molecular flexibility index (Phi) is 3.59. The molecule has 0 spiro atoms. The minimum atomic E-state index is 0.188. The number of rotatable bonds is 3. The Hall–Kier alpha value is -1.06. The quantitative estimate of drug-likeness (QED) is 0.745. The van der Waals surface area contributed by atoms with Crippen LogP contribution in [0.4, 0.5) is 5.69 Å². The molecule has 1 aliphatic heterocycles. The zero-order valence-corrected chi connectivity index (χ0v) is 8.98.